The predicted octanol–water partition coefficient (Wildman–Crippen LogP) is 3.44. The minimum atomic E-state index is -0.331. The zero-order valence-electron chi connectivity index (χ0n) is 12.0. The number of anilines is 1. The fraction of sp³-hybridized carbons (Fsp3) is 0.235. The molecule has 114 valence electrons. The van der Waals surface area contributed by atoms with E-state index in [1.54, 1.807) is 4.90 Å². The lowest BCUT2D eigenvalue weighted by Crippen LogP contribution is -2.48. The quantitative estimate of drug-likeness (QED) is 0.847. The van der Waals surface area contributed by atoms with Crippen molar-refractivity contribution in [2.45, 2.75) is 0 Å². The van der Waals surface area contributed by atoms with Crippen molar-refractivity contribution >= 4 is 23.2 Å². The molecule has 0 N–H and O–H groups in total. The number of carbonyl (C=O) groups excluding carboxylic acids is 1. The number of nitrogens with zero attached hydrogens (tertiary/aromatic N) is 2. The molecular formula is C17H16ClFN2O. The molecule has 3 rings (SSSR count). The summed E-state index contributed by atoms with van der Waals surface area (Å²) < 4.78 is 12.9. The van der Waals surface area contributed by atoms with Crippen molar-refractivity contribution < 1.29 is 9.18 Å². The number of piperazine rings is 1. The Morgan fingerprint density at radius 1 is 1.00 bits per heavy atom. The number of hydrogen-bond donors (Lipinski definition) is 0. The smallest absolute Gasteiger partial charge is 0.253 e. The Kier molecular flexibility index (Phi) is 4.29. The van der Waals surface area contributed by atoms with Crippen molar-refractivity contribution in [3.05, 3.63) is 64.9 Å². The topological polar surface area (TPSA) is 23.6 Å². The van der Waals surface area contributed by atoms with E-state index >= 15 is 0 Å². The Morgan fingerprint density at radius 3 is 2.32 bits per heavy atom. The number of rotatable bonds is 2. The van der Waals surface area contributed by atoms with Crippen molar-refractivity contribution in [2.24, 2.45) is 0 Å². The Morgan fingerprint density at radius 2 is 1.68 bits per heavy atom. The van der Waals surface area contributed by atoms with Crippen LogP contribution in [0.25, 0.3) is 0 Å². The molecule has 0 aromatic heterocycles. The van der Waals surface area contributed by atoms with Crippen LogP contribution in [-0.4, -0.2) is 37.0 Å². The van der Waals surface area contributed by atoms with Gasteiger partial charge in [0.1, 0.15) is 5.82 Å². The van der Waals surface area contributed by atoms with Crippen molar-refractivity contribution in [3.8, 4) is 0 Å². The standard InChI is InChI=1S/C17H16ClFN2O/c18-14-2-1-3-16(12-14)20-8-10-21(11-9-20)17(22)13-4-6-15(19)7-5-13/h1-7,12H,8-11H2. The van der Waals surface area contributed by atoms with Gasteiger partial charge in [0.25, 0.3) is 5.91 Å². The van der Waals surface area contributed by atoms with Crippen LogP contribution in [-0.2, 0) is 0 Å². The average molecular weight is 319 g/mol. The largest absolute Gasteiger partial charge is 0.368 e. The van der Waals surface area contributed by atoms with Crippen LogP contribution in [0.5, 0.6) is 0 Å². The van der Waals surface area contributed by atoms with Gasteiger partial charge in [-0.1, -0.05) is 17.7 Å². The van der Waals surface area contributed by atoms with E-state index in [2.05, 4.69) is 4.90 Å². The van der Waals surface area contributed by atoms with E-state index in [9.17, 15) is 9.18 Å². The highest BCUT2D eigenvalue weighted by Gasteiger charge is 2.22. The molecule has 0 saturated carbocycles. The third kappa shape index (κ3) is 3.22. The number of amides is 1. The van der Waals surface area contributed by atoms with Gasteiger partial charge in [-0.3, -0.25) is 4.79 Å². The second-order valence-electron chi connectivity index (χ2n) is 5.27. The minimum Gasteiger partial charge on any atom is -0.368 e. The zero-order valence-corrected chi connectivity index (χ0v) is 12.8. The van der Waals surface area contributed by atoms with E-state index < -0.39 is 0 Å². The normalized spacial score (nSPS) is 15.0. The molecule has 1 saturated heterocycles. The average Bonchev–Trinajstić information content (AvgIpc) is 2.55. The molecule has 1 fully saturated rings. The van der Waals surface area contributed by atoms with Gasteiger partial charge >= 0.3 is 0 Å². The Bertz CT molecular complexity index is 667. The fourth-order valence-electron chi connectivity index (χ4n) is 2.62. The molecule has 0 bridgehead atoms. The number of hydrogen-bond acceptors (Lipinski definition) is 2. The van der Waals surface area contributed by atoms with Gasteiger partial charge in [-0.15, -0.1) is 0 Å². The maximum absolute atomic E-state index is 12.9. The molecule has 0 aliphatic carbocycles. The summed E-state index contributed by atoms with van der Waals surface area (Å²) in [4.78, 5) is 16.4. The van der Waals surface area contributed by atoms with E-state index in [1.165, 1.54) is 24.3 Å². The summed E-state index contributed by atoms with van der Waals surface area (Å²) in [6.07, 6.45) is 0. The van der Waals surface area contributed by atoms with E-state index in [-0.39, 0.29) is 11.7 Å². The Labute approximate surface area is 133 Å². The van der Waals surface area contributed by atoms with Crippen molar-refractivity contribution in [3.63, 3.8) is 0 Å². The van der Waals surface area contributed by atoms with Crippen LogP contribution in [0.1, 0.15) is 10.4 Å². The van der Waals surface area contributed by atoms with Gasteiger partial charge in [0.05, 0.1) is 0 Å². The van der Waals surface area contributed by atoms with Crippen LogP contribution in [0, 0.1) is 5.82 Å². The Balaban J connectivity index is 1.64. The molecule has 0 unspecified atom stereocenters. The maximum Gasteiger partial charge on any atom is 0.253 e. The highest BCUT2D eigenvalue weighted by molar-refractivity contribution is 6.30. The molecule has 1 amide bonds. The van der Waals surface area contributed by atoms with Crippen molar-refractivity contribution in [2.75, 3.05) is 31.1 Å². The second kappa shape index (κ2) is 6.36. The maximum atomic E-state index is 12.9. The first-order valence-electron chi connectivity index (χ1n) is 7.19. The molecule has 0 atom stereocenters. The van der Waals surface area contributed by atoms with Gasteiger partial charge in [-0.2, -0.15) is 0 Å². The fourth-order valence-corrected chi connectivity index (χ4v) is 2.80. The van der Waals surface area contributed by atoms with E-state index in [0.29, 0.717) is 23.7 Å². The number of halogens is 2. The Hall–Kier alpha value is -2.07. The van der Waals surface area contributed by atoms with Crippen molar-refractivity contribution in [1.82, 2.24) is 4.90 Å². The SMILES string of the molecule is O=C(c1ccc(F)cc1)N1CCN(c2cccc(Cl)c2)CC1. The van der Waals surface area contributed by atoms with Gasteiger partial charge in [0.2, 0.25) is 0 Å². The minimum absolute atomic E-state index is 0.0502. The molecule has 5 heteroatoms. The number of carbonyl (C=O) groups is 1. The van der Waals surface area contributed by atoms with Crippen LogP contribution in [0.4, 0.5) is 10.1 Å². The third-order valence-electron chi connectivity index (χ3n) is 3.83. The first-order chi connectivity index (χ1) is 10.6. The van der Waals surface area contributed by atoms with Gasteiger partial charge in [0.15, 0.2) is 0 Å². The van der Waals surface area contributed by atoms with Gasteiger partial charge < -0.3 is 9.80 Å². The summed E-state index contributed by atoms with van der Waals surface area (Å²) in [5.74, 6) is -0.381. The molecule has 3 nitrogen and oxygen atoms in total. The van der Waals surface area contributed by atoms with Crippen LogP contribution in [0.3, 0.4) is 0 Å². The summed E-state index contributed by atoms with van der Waals surface area (Å²) in [6, 6.07) is 13.4. The molecule has 2 aromatic rings. The lowest BCUT2D eigenvalue weighted by molar-refractivity contribution is 0.0746. The number of benzene rings is 2. The second-order valence-corrected chi connectivity index (χ2v) is 5.70. The summed E-state index contributed by atoms with van der Waals surface area (Å²) >= 11 is 6.01. The highest BCUT2D eigenvalue weighted by Crippen LogP contribution is 2.21. The monoisotopic (exact) mass is 318 g/mol. The summed E-state index contributed by atoms with van der Waals surface area (Å²) in [5, 5.41) is 0.710. The zero-order chi connectivity index (χ0) is 15.5. The molecule has 0 spiro atoms. The predicted molar refractivity (Wildman–Crippen MR) is 86.0 cm³/mol. The molecular weight excluding hydrogens is 303 g/mol. The lowest BCUT2D eigenvalue weighted by atomic mass is 10.1. The van der Waals surface area contributed by atoms with Crippen LogP contribution < -0.4 is 4.90 Å². The van der Waals surface area contributed by atoms with E-state index in [4.69, 9.17) is 11.6 Å². The molecule has 1 aliphatic rings. The third-order valence-corrected chi connectivity index (χ3v) is 4.07. The van der Waals surface area contributed by atoms with Crippen LogP contribution in [0.15, 0.2) is 48.5 Å². The highest BCUT2D eigenvalue weighted by atomic mass is 35.5. The van der Waals surface area contributed by atoms with E-state index in [1.807, 2.05) is 24.3 Å². The van der Waals surface area contributed by atoms with Gasteiger partial charge in [-0.25, -0.2) is 4.39 Å². The molecule has 1 heterocycles. The molecule has 1 aliphatic heterocycles. The van der Waals surface area contributed by atoms with Crippen LogP contribution in [0.2, 0.25) is 5.02 Å². The van der Waals surface area contributed by atoms with Gasteiger partial charge in [0, 0.05) is 42.5 Å². The summed E-state index contributed by atoms with van der Waals surface area (Å²) in [6.45, 7) is 2.80. The summed E-state index contributed by atoms with van der Waals surface area (Å²) in [7, 11) is 0. The van der Waals surface area contributed by atoms with Crippen LogP contribution >= 0.6 is 11.6 Å². The lowest BCUT2D eigenvalue weighted by Gasteiger charge is -2.36. The first kappa shape index (κ1) is 14.9. The summed E-state index contributed by atoms with van der Waals surface area (Å²) in [5.41, 5.74) is 1.60. The van der Waals surface area contributed by atoms with E-state index in [0.717, 1.165) is 18.8 Å². The molecule has 22 heavy (non-hydrogen) atoms. The molecule has 2 aromatic carbocycles. The van der Waals surface area contributed by atoms with Gasteiger partial charge in [-0.05, 0) is 42.5 Å². The molecule has 0 radical (unpaired) electrons. The first-order valence-corrected chi connectivity index (χ1v) is 7.56. The van der Waals surface area contributed by atoms with Crippen molar-refractivity contribution in [1.29, 1.82) is 0 Å².